The van der Waals surface area contributed by atoms with Crippen LogP contribution in [0.4, 0.5) is 0 Å². The Balaban J connectivity index is 1.32. The van der Waals surface area contributed by atoms with Crippen molar-refractivity contribution in [2.45, 2.75) is 50.6 Å². The maximum Gasteiger partial charge on any atom is 0.239 e. The summed E-state index contributed by atoms with van der Waals surface area (Å²) in [5, 5.41) is 22.0. The van der Waals surface area contributed by atoms with Gasteiger partial charge in [0.05, 0.1) is 16.5 Å². The summed E-state index contributed by atoms with van der Waals surface area (Å²) in [6, 6.07) is 16.4. The number of benzene rings is 2. The minimum atomic E-state index is -0.376. The van der Waals surface area contributed by atoms with Gasteiger partial charge in [0.1, 0.15) is 5.52 Å². The SMILES string of the molecule is CCCn1c2ccccc2c2nnc(S[C@H](CC)C(=O)NC3=NN=C(c4ccc(C)cc4)CS3)nc21. The summed E-state index contributed by atoms with van der Waals surface area (Å²) in [5.74, 6) is 0.512. The Hall–Kier alpha value is -3.24. The molecule has 36 heavy (non-hydrogen) atoms. The van der Waals surface area contributed by atoms with Crippen molar-refractivity contribution < 1.29 is 4.79 Å². The van der Waals surface area contributed by atoms with Crippen LogP contribution in [0.3, 0.4) is 0 Å². The molecule has 5 rings (SSSR count). The zero-order valence-corrected chi connectivity index (χ0v) is 22.1. The maximum absolute atomic E-state index is 13.1. The fourth-order valence-corrected chi connectivity index (χ4v) is 5.66. The summed E-state index contributed by atoms with van der Waals surface area (Å²) in [6.07, 6.45) is 1.60. The molecule has 1 aliphatic rings. The van der Waals surface area contributed by atoms with Crippen molar-refractivity contribution in [1.29, 1.82) is 0 Å². The van der Waals surface area contributed by atoms with Gasteiger partial charge in [0, 0.05) is 17.7 Å². The van der Waals surface area contributed by atoms with Gasteiger partial charge in [-0.3, -0.25) is 4.79 Å². The lowest BCUT2D eigenvalue weighted by Gasteiger charge is -2.16. The van der Waals surface area contributed by atoms with Crippen LogP contribution in [-0.2, 0) is 11.3 Å². The van der Waals surface area contributed by atoms with E-state index < -0.39 is 0 Å². The first-order valence-electron chi connectivity index (χ1n) is 12.0. The van der Waals surface area contributed by atoms with E-state index in [0.717, 1.165) is 46.3 Å². The van der Waals surface area contributed by atoms with Crippen LogP contribution in [0.15, 0.2) is 63.9 Å². The fourth-order valence-electron chi connectivity index (χ4n) is 4.07. The van der Waals surface area contributed by atoms with Crippen LogP contribution in [-0.4, -0.2) is 47.5 Å². The van der Waals surface area contributed by atoms with Crippen molar-refractivity contribution in [2.75, 3.05) is 5.75 Å². The smallest absolute Gasteiger partial charge is 0.239 e. The van der Waals surface area contributed by atoms with Crippen molar-refractivity contribution in [2.24, 2.45) is 10.2 Å². The highest BCUT2D eigenvalue weighted by Crippen LogP contribution is 2.29. The summed E-state index contributed by atoms with van der Waals surface area (Å²) in [6.45, 7) is 7.01. The second-order valence-corrected chi connectivity index (χ2v) is 10.7. The highest BCUT2D eigenvalue weighted by atomic mass is 32.2. The zero-order chi connectivity index (χ0) is 25.1. The molecule has 0 bridgehead atoms. The van der Waals surface area contributed by atoms with E-state index in [0.29, 0.717) is 22.5 Å². The Bertz CT molecular complexity index is 1480. The summed E-state index contributed by atoms with van der Waals surface area (Å²) in [7, 11) is 0. The highest BCUT2D eigenvalue weighted by Gasteiger charge is 2.24. The largest absolute Gasteiger partial charge is 0.324 e. The van der Waals surface area contributed by atoms with Crippen molar-refractivity contribution in [1.82, 2.24) is 25.1 Å². The molecule has 0 saturated heterocycles. The molecular formula is C26H27N7OS2. The van der Waals surface area contributed by atoms with E-state index in [-0.39, 0.29) is 11.2 Å². The molecule has 0 radical (unpaired) electrons. The van der Waals surface area contributed by atoms with E-state index in [2.05, 4.69) is 62.3 Å². The predicted octanol–water partition coefficient (Wildman–Crippen LogP) is 5.19. The summed E-state index contributed by atoms with van der Waals surface area (Å²) >= 11 is 2.80. The zero-order valence-electron chi connectivity index (χ0n) is 20.4. The first kappa shape index (κ1) is 24.5. The molecule has 0 unspecified atom stereocenters. The normalized spacial score (nSPS) is 14.5. The van der Waals surface area contributed by atoms with Gasteiger partial charge in [-0.25, -0.2) is 4.98 Å². The molecule has 0 spiro atoms. The van der Waals surface area contributed by atoms with Crippen LogP contribution < -0.4 is 5.32 Å². The monoisotopic (exact) mass is 517 g/mol. The Morgan fingerprint density at radius 3 is 2.64 bits per heavy atom. The average molecular weight is 518 g/mol. The lowest BCUT2D eigenvalue weighted by Crippen LogP contribution is -2.37. The predicted molar refractivity (Wildman–Crippen MR) is 149 cm³/mol. The van der Waals surface area contributed by atoms with E-state index in [4.69, 9.17) is 4.98 Å². The number of fused-ring (bicyclic) bond motifs is 3. The van der Waals surface area contributed by atoms with Crippen molar-refractivity contribution >= 4 is 62.4 Å². The molecule has 1 aliphatic heterocycles. The van der Waals surface area contributed by atoms with Crippen molar-refractivity contribution in [3.05, 3.63) is 59.7 Å². The molecule has 8 nitrogen and oxygen atoms in total. The fraction of sp³-hybridized carbons (Fsp3) is 0.308. The Labute approximate surface area is 218 Å². The number of rotatable bonds is 7. The van der Waals surface area contributed by atoms with Crippen LogP contribution >= 0.6 is 23.5 Å². The van der Waals surface area contributed by atoms with Gasteiger partial charge in [-0.05, 0) is 31.4 Å². The highest BCUT2D eigenvalue weighted by molar-refractivity contribution is 8.14. The third-order valence-electron chi connectivity index (χ3n) is 5.93. The Morgan fingerprint density at radius 1 is 1.11 bits per heavy atom. The molecule has 0 fully saturated rings. The van der Waals surface area contributed by atoms with Gasteiger partial charge in [0.25, 0.3) is 0 Å². The molecular weight excluding hydrogens is 490 g/mol. The van der Waals surface area contributed by atoms with E-state index in [1.807, 2.05) is 37.3 Å². The maximum atomic E-state index is 13.1. The van der Waals surface area contributed by atoms with Crippen molar-refractivity contribution in [3.63, 3.8) is 0 Å². The molecule has 0 saturated carbocycles. The molecule has 2 aromatic carbocycles. The van der Waals surface area contributed by atoms with Crippen LogP contribution in [0.1, 0.15) is 37.8 Å². The minimum Gasteiger partial charge on any atom is -0.324 e. The average Bonchev–Trinajstić information content (AvgIpc) is 3.21. The molecule has 0 aliphatic carbocycles. The number of aryl methyl sites for hydroxylation is 2. The lowest BCUT2D eigenvalue weighted by atomic mass is 10.1. The molecule has 3 heterocycles. The number of aromatic nitrogens is 4. The first-order valence-corrected chi connectivity index (χ1v) is 13.9. The first-order chi connectivity index (χ1) is 17.6. The molecule has 4 aromatic rings. The van der Waals surface area contributed by atoms with Gasteiger partial charge in [-0.15, -0.1) is 15.3 Å². The number of para-hydroxylation sites is 1. The number of hydrogen-bond donors (Lipinski definition) is 1. The van der Waals surface area contributed by atoms with Gasteiger partial charge < -0.3 is 9.88 Å². The number of amides is 1. The molecule has 1 amide bonds. The van der Waals surface area contributed by atoms with Crippen LogP contribution in [0.25, 0.3) is 22.1 Å². The summed E-state index contributed by atoms with van der Waals surface area (Å²) in [4.78, 5) is 17.9. The van der Waals surface area contributed by atoms with E-state index >= 15 is 0 Å². The lowest BCUT2D eigenvalue weighted by molar-refractivity contribution is -0.119. The van der Waals surface area contributed by atoms with Gasteiger partial charge in [-0.1, -0.05) is 85.4 Å². The summed E-state index contributed by atoms with van der Waals surface area (Å²) in [5.41, 5.74) is 5.83. The number of nitrogens with one attached hydrogen (secondary N) is 1. The molecule has 10 heteroatoms. The topological polar surface area (TPSA) is 97.4 Å². The number of carbonyl (C=O) groups is 1. The number of hydrogen-bond acceptors (Lipinski definition) is 8. The minimum absolute atomic E-state index is 0.138. The van der Waals surface area contributed by atoms with Crippen molar-refractivity contribution in [3.8, 4) is 0 Å². The number of carbonyl (C=O) groups excluding carboxylic acids is 1. The van der Waals surface area contributed by atoms with Crippen LogP contribution in [0, 0.1) is 6.92 Å². The second kappa shape index (κ2) is 10.8. The van der Waals surface area contributed by atoms with Crippen LogP contribution in [0.2, 0.25) is 0 Å². The Kier molecular flexibility index (Phi) is 7.33. The van der Waals surface area contributed by atoms with Gasteiger partial charge in [0.2, 0.25) is 11.1 Å². The second-order valence-electron chi connectivity index (χ2n) is 8.55. The van der Waals surface area contributed by atoms with Crippen LogP contribution in [0.5, 0.6) is 0 Å². The number of thioether (sulfide) groups is 2. The van der Waals surface area contributed by atoms with Gasteiger partial charge in [-0.2, -0.15) is 5.10 Å². The van der Waals surface area contributed by atoms with E-state index in [1.54, 1.807) is 0 Å². The van der Waals surface area contributed by atoms with E-state index in [1.165, 1.54) is 29.1 Å². The standard InChI is InChI=1S/C26H27N7OS2/c1-4-14-33-20-9-7-6-8-18(20)22-23(33)27-26(32-30-22)36-21(5-2)24(34)28-25-31-29-19(15-35-25)17-12-10-16(3)11-13-17/h6-13,21H,4-5,14-15H2,1-3H3,(H,28,31,34)/t21-/m1/s1. The Morgan fingerprint density at radius 2 is 1.92 bits per heavy atom. The molecule has 1 N–H and O–H groups in total. The molecule has 184 valence electrons. The third kappa shape index (κ3) is 5.01. The molecule has 1 atom stereocenters. The third-order valence-corrected chi connectivity index (χ3v) is 8.03. The number of amidine groups is 1. The summed E-state index contributed by atoms with van der Waals surface area (Å²) < 4.78 is 2.18. The van der Waals surface area contributed by atoms with Gasteiger partial charge in [0.15, 0.2) is 10.8 Å². The quantitative estimate of drug-likeness (QED) is 0.339. The molecule has 2 aromatic heterocycles. The van der Waals surface area contributed by atoms with E-state index in [9.17, 15) is 4.79 Å². The van der Waals surface area contributed by atoms with Gasteiger partial charge >= 0.3 is 0 Å². The number of nitrogens with zero attached hydrogens (tertiary/aromatic N) is 6.